The highest BCUT2D eigenvalue weighted by Gasteiger charge is 2.01. The van der Waals surface area contributed by atoms with E-state index in [1.807, 2.05) is 0 Å². The fourth-order valence-electron chi connectivity index (χ4n) is 3.03. The first kappa shape index (κ1) is 19.2. The molecule has 0 bridgehead atoms. The summed E-state index contributed by atoms with van der Waals surface area (Å²) in [4.78, 5) is 2.37. The number of rotatable bonds is 10. The predicted octanol–water partition coefficient (Wildman–Crippen LogP) is 5.57. The van der Waals surface area contributed by atoms with Crippen molar-refractivity contribution in [1.29, 1.82) is 0 Å². The van der Waals surface area contributed by atoms with Crippen molar-refractivity contribution in [3.8, 4) is 0 Å². The van der Waals surface area contributed by atoms with Gasteiger partial charge in [0.15, 0.2) is 12.4 Å². The van der Waals surface area contributed by atoms with Crippen molar-refractivity contribution in [2.24, 2.45) is 0 Å². The summed E-state index contributed by atoms with van der Waals surface area (Å²) in [7, 11) is 0. The van der Waals surface area contributed by atoms with E-state index in [1.165, 1.54) is 42.5 Å². The Morgan fingerprint density at radius 2 is 1.36 bits per heavy atom. The van der Waals surface area contributed by atoms with Crippen LogP contribution in [0, 0.1) is 0 Å². The maximum Gasteiger partial charge on any atom is 0.169 e. The van der Waals surface area contributed by atoms with Gasteiger partial charge in [0.25, 0.3) is 0 Å². The molecule has 0 fully saturated rings. The average Bonchev–Trinajstić information content (AvgIpc) is 2.66. The number of aromatic nitrogens is 1. The van der Waals surface area contributed by atoms with Gasteiger partial charge in [0.1, 0.15) is 6.54 Å². The fourth-order valence-corrected chi connectivity index (χ4v) is 3.03. The van der Waals surface area contributed by atoms with Gasteiger partial charge in [-0.25, -0.2) is 4.57 Å². The highest BCUT2D eigenvalue weighted by molar-refractivity contribution is 5.70. The number of benzene rings is 1. The Hall–Kier alpha value is -2.09. The summed E-state index contributed by atoms with van der Waals surface area (Å²) in [5, 5.41) is 0. The minimum atomic E-state index is 1.05. The van der Waals surface area contributed by atoms with E-state index in [0.717, 1.165) is 19.6 Å². The molecule has 0 atom stereocenters. The third-order valence-corrected chi connectivity index (χ3v) is 4.68. The van der Waals surface area contributed by atoms with Crippen molar-refractivity contribution >= 4 is 17.8 Å². The lowest BCUT2D eigenvalue weighted by Crippen LogP contribution is -2.32. The third-order valence-electron chi connectivity index (χ3n) is 4.68. The van der Waals surface area contributed by atoms with Crippen LogP contribution in [0.4, 0.5) is 5.69 Å². The molecule has 0 unspecified atom stereocenters. The molecule has 134 valence electrons. The Bertz CT molecular complexity index is 622. The van der Waals surface area contributed by atoms with Gasteiger partial charge < -0.3 is 4.90 Å². The molecule has 0 radical (unpaired) electrons. The lowest BCUT2D eigenvalue weighted by Gasteiger charge is -2.20. The number of anilines is 1. The standard InChI is InChI=1S/C23H33N2/c1-4-7-8-9-18-24-19-16-22(17-20-24)11-10-21-12-14-23(15-13-21)25(5-2)6-3/h10-17,19-20H,4-9,18H2,1-3H3/q+1. The van der Waals surface area contributed by atoms with E-state index in [-0.39, 0.29) is 0 Å². The smallest absolute Gasteiger partial charge is 0.169 e. The van der Waals surface area contributed by atoms with Crippen molar-refractivity contribution in [2.75, 3.05) is 18.0 Å². The first-order chi connectivity index (χ1) is 12.3. The summed E-state index contributed by atoms with van der Waals surface area (Å²) in [5.74, 6) is 0. The van der Waals surface area contributed by atoms with Crippen LogP contribution in [0.5, 0.6) is 0 Å². The quantitative estimate of drug-likeness (QED) is 0.406. The van der Waals surface area contributed by atoms with E-state index in [1.54, 1.807) is 0 Å². The maximum atomic E-state index is 2.37. The molecular formula is C23H33N2+. The van der Waals surface area contributed by atoms with Gasteiger partial charge in [0.05, 0.1) is 0 Å². The minimum Gasteiger partial charge on any atom is -0.372 e. The molecule has 0 aliphatic heterocycles. The summed E-state index contributed by atoms with van der Waals surface area (Å²) in [6, 6.07) is 13.2. The molecule has 1 aromatic carbocycles. The Morgan fingerprint density at radius 1 is 0.760 bits per heavy atom. The molecule has 0 saturated heterocycles. The Balaban J connectivity index is 1.90. The van der Waals surface area contributed by atoms with Crippen LogP contribution in [0.3, 0.4) is 0 Å². The molecule has 25 heavy (non-hydrogen) atoms. The molecule has 0 saturated carbocycles. The first-order valence-corrected chi connectivity index (χ1v) is 9.79. The fraction of sp³-hybridized carbons (Fsp3) is 0.435. The van der Waals surface area contributed by atoms with Crippen molar-refractivity contribution in [1.82, 2.24) is 0 Å². The molecule has 0 spiro atoms. The van der Waals surface area contributed by atoms with Crippen LogP contribution in [0.1, 0.15) is 57.6 Å². The second-order valence-electron chi connectivity index (χ2n) is 6.53. The summed E-state index contributed by atoms with van der Waals surface area (Å²) in [6.45, 7) is 9.87. The molecule has 1 aromatic heterocycles. The summed E-state index contributed by atoms with van der Waals surface area (Å²) in [6.07, 6.45) is 14.0. The van der Waals surface area contributed by atoms with Gasteiger partial charge in [-0.3, -0.25) is 0 Å². The van der Waals surface area contributed by atoms with E-state index >= 15 is 0 Å². The molecule has 2 nitrogen and oxygen atoms in total. The molecule has 2 heteroatoms. The van der Waals surface area contributed by atoms with E-state index in [4.69, 9.17) is 0 Å². The van der Waals surface area contributed by atoms with Crippen molar-refractivity contribution in [2.45, 2.75) is 53.0 Å². The average molecular weight is 338 g/mol. The van der Waals surface area contributed by atoms with Crippen LogP contribution < -0.4 is 9.47 Å². The van der Waals surface area contributed by atoms with Gasteiger partial charge in [-0.05, 0) is 43.5 Å². The molecule has 2 rings (SSSR count). The Morgan fingerprint density at radius 3 is 1.92 bits per heavy atom. The predicted molar refractivity (Wildman–Crippen MR) is 110 cm³/mol. The number of unbranched alkanes of at least 4 members (excludes halogenated alkanes) is 3. The van der Waals surface area contributed by atoms with Crippen LogP contribution in [-0.4, -0.2) is 13.1 Å². The highest BCUT2D eigenvalue weighted by Crippen LogP contribution is 2.16. The van der Waals surface area contributed by atoms with Crippen LogP contribution >= 0.6 is 0 Å². The van der Waals surface area contributed by atoms with Crippen LogP contribution in [0.25, 0.3) is 12.2 Å². The van der Waals surface area contributed by atoms with Gasteiger partial charge in [-0.15, -0.1) is 0 Å². The maximum absolute atomic E-state index is 2.37. The van der Waals surface area contributed by atoms with Gasteiger partial charge in [0.2, 0.25) is 0 Å². The zero-order valence-corrected chi connectivity index (χ0v) is 16.1. The van der Waals surface area contributed by atoms with E-state index in [9.17, 15) is 0 Å². The minimum absolute atomic E-state index is 1.05. The van der Waals surface area contributed by atoms with Crippen molar-refractivity contribution in [3.63, 3.8) is 0 Å². The zero-order valence-electron chi connectivity index (χ0n) is 16.1. The number of hydrogen-bond acceptors (Lipinski definition) is 1. The van der Waals surface area contributed by atoms with Crippen molar-refractivity contribution < 1.29 is 4.57 Å². The lowest BCUT2D eigenvalue weighted by atomic mass is 10.1. The summed E-state index contributed by atoms with van der Waals surface area (Å²) < 4.78 is 2.28. The van der Waals surface area contributed by atoms with Crippen molar-refractivity contribution in [3.05, 3.63) is 59.9 Å². The lowest BCUT2D eigenvalue weighted by molar-refractivity contribution is -0.697. The highest BCUT2D eigenvalue weighted by atomic mass is 15.1. The number of nitrogens with zero attached hydrogens (tertiary/aromatic N) is 2. The molecule has 0 N–H and O–H groups in total. The second kappa shape index (κ2) is 10.7. The number of hydrogen-bond donors (Lipinski definition) is 0. The van der Waals surface area contributed by atoms with Gasteiger partial charge in [-0.1, -0.05) is 44.1 Å². The Labute approximate surface area is 153 Å². The molecule has 0 amide bonds. The zero-order chi connectivity index (χ0) is 17.9. The van der Waals surface area contributed by atoms with Crippen LogP contribution in [-0.2, 0) is 6.54 Å². The first-order valence-electron chi connectivity index (χ1n) is 9.79. The molecule has 0 aliphatic rings. The van der Waals surface area contributed by atoms with Gasteiger partial charge >= 0.3 is 0 Å². The summed E-state index contributed by atoms with van der Waals surface area (Å²) in [5.41, 5.74) is 3.79. The van der Waals surface area contributed by atoms with Gasteiger partial charge in [0, 0.05) is 37.3 Å². The normalized spacial score (nSPS) is 11.2. The van der Waals surface area contributed by atoms with Gasteiger partial charge in [-0.2, -0.15) is 0 Å². The molecule has 2 aromatic rings. The number of pyridine rings is 1. The SMILES string of the molecule is CCCCCC[n+]1ccc(C=Cc2ccc(N(CC)CC)cc2)cc1. The topological polar surface area (TPSA) is 7.12 Å². The monoisotopic (exact) mass is 337 g/mol. The van der Waals surface area contributed by atoms with Crippen LogP contribution in [0.2, 0.25) is 0 Å². The molecule has 0 aliphatic carbocycles. The van der Waals surface area contributed by atoms with E-state index in [2.05, 4.69) is 91.2 Å². The van der Waals surface area contributed by atoms with E-state index in [0.29, 0.717) is 0 Å². The molecular weight excluding hydrogens is 304 g/mol. The summed E-state index contributed by atoms with van der Waals surface area (Å²) >= 11 is 0. The second-order valence-corrected chi connectivity index (χ2v) is 6.53. The Kier molecular flexibility index (Phi) is 8.24. The largest absolute Gasteiger partial charge is 0.372 e. The van der Waals surface area contributed by atoms with E-state index < -0.39 is 0 Å². The number of aryl methyl sites for hydroxylation is 1. The third kappa shape index (κ3) is 6.38. The van der Waals surface area contributed by atoms with Crippen LogP contribution in [0.15, 0.2) is 48.8 Å². The molecule has 1 heterocycles.